The number of pyridine rings is 1. The third-order valence-corrected chi connectivity index (χ3v) is 5.04. The molecule has 0 bridgehead atoms. The van der Waals surface area contributed by atoms with E-state index in [1.807, 2.05) is 18.2 Å². The van der Waals surface area contributed by atoms with E-state index < -0.39 is 0 Å². The van der Waals surface area contributed by atoms with Gasteiger partial charge in [0.1, 0.15) is 35.6 Å². The number of fused-ring (bicyclic) bond motifs is 1. The first-order valence-corrected chi connectivity index (χ1v) is 8.67. The van der Waals surface area contributed by atoms with E-state index in [0.29, 0.717) is 23.0 Å². The molecule has 1 atom stereocenters. The normalized spacial score (nSPS) is 16.1. The summed E-state index contributed by atoms with van der Waals surface area (Å²) < 4.78 is 5.74. The maximum Gasteiger partial charge on any atom is 0.142 e. The Hall–Kier alpha value is -3.10. The number of nitrogens with zero attached hydrogens (tertiary/aromatic N) is 2. The topological polar surface area (TPSA) is 96.1 Å². The van der Waals surface area contributed by atoms with Crippen LogP contribution >= 0.6 is 0 Å². The van der Waals surface area contributed by atoms with E-state index in [-0.39, 0.29) is 12.4 Å². The van der Waals surface area contributed by atoms with E-state index in [0.717, 1.165) is 36.1 Å². The van der Waals surface area contributed by atoms with Gasteiger partial charge in [-0.2, -0.15) is 5.26 Å². The molecule has 1 aliphatic rings. The molecular weight excluding hydrogens is 326 g/mol. The van der Waals surface area contributed by atoms with Crippen LogP contribution in [0.15, 0.2) is 46.9 Å². The number of rotatable bonds is 3. The van der Waals surface area contributed by atoms with Crippen LogP contribution in [-0.4, -0.2) is 10.1 Å². The van der Waals surface area contributed by atoms with Gasteiger partial charge in [0, 0.05) is 11.3 Å². The lowest BCUT2D eigenvalue weighted by Gasteiger charge is -2.27. The van der Waals surface area contributed by atoms with Crippen molar-refractivity contribution < 1.29 is 9.52 Å². The molecule has 4 rings (SSSR count). The van der Waals surface area contributed by atoms with Crippen LogP contribution in [0.2, 0.25) is 0 Å². The standard InChI is InChI=1S/C21H19N3O2/c22-11-17-20(19-9-7-15(12-25)26-19)16-10-14(13-4-2-1-3-5-13)6-8-18(16)24-21(17)23/h1-5,7,9,14,25H,6,8,10,12H2,(H2,23,24). The summed E-state index contributed by atoms with van der Waals surface area (Å²) in [6.45, 7) is -0.183. The molecule has 130 valence electrons. The summed E-state index contributed by atoms with van der Waals surface area (Å²) in [5.74, 6) is 1.63. The van der Waals surface area contributed by atoms with Gasteiger partial charge in [-0.15, -0.1) is 0 Å². The van der Waals surface area contributed by atoms with Gasteiger partial charge in [0.05, 0.1) is 0 Å². The van der Waals surface area contributed by atoms with Crippen LogP contribution in [-0.2, 0) is 19.4 Å². The molecule has 0 radical (unpaired) electrons. The molecule has 3 N–H and O–H groups in total. The Morgan fingerprint density at radius 3 is 2.73 bits per heavy atom. The second-order valence-corrected chi connectivity index (χ2v) is 6.56. The van der Waals surface area contributed by atoms with Gasteiger partial charge in [-0.25, -0.2) is 4.98 Å². The molecule has 26 heavy (non-hydrogen) atoms. The summed E-state index contributed by atoms with van der Waals surface area (Å²) in [4.78, 5) is 4.49. The van der Waals surface area contributed by atoms with E-state index in [2.05, 4.69) is 23.2 Å². The Bertz CT molecular complexity index is 986. The molecule has 0 saturated heterocycles. The largest absolute Gasteiger partial charge is 0.459 e. The monoisotopic (exact) mass is 345 g/mol. The maximum atomic E-state index is 9.65. The van der Waals surface area contributed by atoms with Crippen LogP contribution < -0.4 is 5.73 Å². The first-order valence-electron chi connectivity index (χ1n) is 8.67. The number of aryl methyl sites for hydroxylation is 1. The molecule has 1 aliphatic carbocycles. The van der Waals surface area contributed by atoms with Gasteiger partial charge < -0.3 is 15.3 Å². The fraction of sp³-hybridized carbons (Fsp3) is 0.238. The summed E-state index contributed by atoms with van der Waals surface area (Å²) in [6.07, 6.45) is 2.59. The highest BCUT2D eigenvalue weighted by molar-refractivity contribution is 5.76. The van der Waals surface area contributed by atoms with Gasteiger partial charge in [0.15, 0.2) is 0 Å². The van der Waals surface area contributed by atoms with E-state index in [1.54, 1.807) is 12.1 Å². The van der Waals surface area contributed by atoms with Crippen LogP contribution in [0, 0.1) is 11.3 Å². The average Bonchev–Trinajstić information content (AvgIpc) is 3.16. The second-order valence-electron chi connectivity index (χ2n) is 6.56. The number of anilines is 1. The van der Waals surface area contributed by atoms with Crippen molar-refractivity contribution in [1.82, 2.24) is 4.98 Å². The molecule has 0 aliphatic heterocycles. The number of hydrogen-bond donors (Lipinski definition) is 2. The molecule has 1 unspecified atom stereocenters. The fourth-order valence-electron chi connectivity index (χ4n) is 3.77. The summed E-state index contributed by atoms with van der Waals surface area (Å²) in [5, 5.41) is 19.0. The van der Waals surface area contributed by atoms with Gasteiger partial charge in [0.25, 0.3) is 0 Å². The SMILES string of the molecule is N#Cc1c(N)nc2c(c1-c1ccc(CO)o1)CC(c1ccccc1)CC2. The molecule has 1 aromatic carbocycles. The number of nitrogen functional groups attached to an aromatic ring is 1. The number of aliphatic hydroxyl groups is 1. The number of nitriles is 1. The van der Waals surface area contributed by atoms with Gasteiger partial charge >= 0.3 is 0 Å². The van der Waals surface area contributed by atoms with Gasteiger partial charge in [-0.3, -0.25) is 0 Å². The maximum absolute atomic E-state index is 9.65. The highest BCUT2D eigenvalue weighted by atomic mass is 16.4. The summed E-state index contributed by atoms with van der Waals surface area (Å²) in [7, 11) is 0. The number of hydrogen-bond acceptors (Lipinski definition) is 5. The van der Waals surface area contributed by atoms with Crippen LogP contribution in [0.5, 0.6) is 0 Å². The first kappa shape index (κ1) is 16.4. The molecule has 5 nitrogen and oxygen atoms in total. The Labute approximate surface area is 151 Å². The number of benzene rings is 1. The predicted octanol–water partition coefficient (Wildman–Crippen LogP) is 3.56. The molecule has 2 aromatic heterocycles. The average molecular weight is 345 g/mol. The van der Waals surface area contributed by atoms with Crippen molar-refractivity contribution in [2.45, 2.75) is 31.8 Å². The molecule has 0 fully saturated rings. The van der Waals surface area contributed by atoms with Crippen LogP contribution in [0.3, 0.4) is 0 Å². The van der Waals surface area contributed by atoms with Crippen molar-refractivity contribution in [2.75, 3.05) is 5.73 Å². The minimum atomic E-state index is -0.183. The Balaban J connectivity index is 1.86. The number of aliphatic hydroxyl groups excluding tert-OH is 1. The summed E-state index contributed by atoms with van der Waals surface area (Å²) in [6, 6.07) is 16.1. The van der Waals surface area contributed by atoms with E-state index >= 15 is 0 Å². The van der Waals surface area contributed by atoms with Crippen molar-refractivity contribution in [3.05, 3.63) is 70.6 Å². The second kappa shape index (κ2) is 6.66. The van der Waals surface area contributed by atoms with Crippen molar-refractivity contribution in [2.24, 2.45) is 0 Å². The smallest absolute Gasteiger partial charge is 0.142 e. The quantitative estimate of drug-likeness (QED) is 0.756. The molecule has 5 heteroatoms. The van der Waals surface area contributed by atoms with Crippen LogP contribution in [0.4, 0.5) is 5.82 Å². The third kappa shape index (κ3) is 2.75. The van der Waals surface area contributed by atoms with Gasteiger partial charge in [-0.1, -0.05) is 30.3 Å². The molecule has 0 amide bonds. The van der Waals surface area contributed by atoms with Gasteiger partial charge in [-0.05, 0) is 48.4 Å². The van der Waals surface area contributed by atoms with Crippen molar-refractivity contribution in [1.29, 1.82) is 5.26 Å². The highest BCUT2D eigenvalue weighted by Gasteiger charge is 2.28. The lowest BCUT2D eigenvalue weighted by atomic mass is 9.79. The minimum absolute atomic E-state index is 0.183. The number of aromatic nitrogens is 1. The van der Waals surface area contributed by atoms with E-state index in [4.69, 9.17) is 10.2 Å². The Morgan fingerprint density at radius 2 is 2.04 bits per heavy atom. The predicted molar refractivity (Wildman–Crippen MR) is 98.2 cm³/mol. The zero-order chi connectivity index (χ0) is 18.1. The molecule has 2 heterocycles. The summed E-state index contributed by atoms with van der Waals surface area (Å²) in [5.41, 5.74) is 10.4. The number of nitrogens with two attached hydrogens (primary N) is 1. The molecule has 3 aromatic rings. The lowest BCUT2D eigenvalue weighted by Crippen LogP contribution is -2.17. The Morgan fingerprint density at radius 1 is 1.23 bits per heavy atom. The molecule has 0 spiro atoms. The third-order valence-electron chi connectivity index (χ3n) is 5.04. The zero-order valence-electron chi connectivity index (χ0n) is 14.3. The molecular formula is C21H19N3O2. The van der Waals surface area contributed by atoms with E-state index in [1.165, 1.54) is 5.56 Å². The van der Waals surface area contributed by atoms with Crippen molar-refractivity contribution in [3.8, 4) is 17.4 Å². The Kier molecular flexibility index (Phi) is 4.19. The van der Waals surface area contributed by atoms with Gasteiger partial charge in [0.2, 0.25) is 0 Å². The summed E-state index contributed by atoms with van der Waals surface area (Å²) >= 11 is 0. The lowest BCUT2D eigenvalue weighted by molar-refractivity contribution is 0.248. The van der Waals surface area contributed by atoms with Crippen molar-refractivity contribution >= 4 is 5.82 Å². The van der Waals surface area contributed by atoms with Crippen LogP contribution in [0.1, 0.15) is 40.5 Å². The zero-order valence-corrected chi connectivity index (χ0v) is 14.3. The van der Waals surface area contributed by atoms with Crippen LogP contribution in [0.25, 0.3) is 11.3 Å². The highest BCUT2D eigenvalue weighted by Crippen LogP contribution is 2.40. The minimum Gasteiger partial charge on any atom is -0.459 e. The number of furan rings is 1. The first-order chi connectivity index (χ1) is 12.7. The fourth-order valence-corrected chi connectivity index (χ4v) is 3.77. The molecule has 0 saturated carbocycles. The van der Waals surface area contributed by atoms with E-state index in [9.17, 15) is 10.4 Å². The van der Waals surface area contributed by atoms with Crippen molar-refractivity contribution in [3.63, 3.8) is 0 Å².